The van der Waals surface area contributed by atoms with Crippen LogP contribution < -0.4 is 9.47 Å². The fourth-order valence-electron chi connectivity index (χ4n) is 3.40. The maximum atomic E-state index is 12.3. The Morgan fingerprint density at radius 3 is 2.44 bits per heavy atom. The van der Waals surface area contributed by atoms with Crippen LogP contribution in [0.2, 0.25) is 0 Å². The minimum atomic E-state index is -0.171. The second kappa shape index (κ2) is 10.3. The van der Waals surface area contributed by atoms with Crippen LogP contribution in [0.5, 0.6) is 11.5 Å². The predicted octanol–water partition coefficient (Wildman–Crippen LogP) is 3.49. The average Bonchev–Trinajstić information content (AvgIpc) is 2.90. The molecule has 0 saturated heterocycles. The van der Waals surface area contributed by atoms with Crippen molar-refractivity contribution in [2.45, 2.75) is 38.0 Å². The Labute approximate surface area is 149 Å². The second-order valence-corrected chi connectivity index (χ2v) is 6.18. The molecule has 1 aromatic rings. The Morgan fingerprint density at radius 1 is 1.00 bits per heavy atom. The van der Waals surface area contributed by atoms with Crippen LogP contribution in [0.3, 0.4) is 0 Å². The number of hydrogen-bond donors (Lipinski definition) is 0. The molecule has 0 unspecified atom stereocenters. The second-order valence-electron chi connectivity index (χ2n) is 6.18. The quantitative estimate of drug-likeness (QED) is 0.405. The first kappa shape index (κ1) is 19.5. The van der Waals surface area contributed by atoms with Crippen molar-refractivity contribution in [1.82, 2.24) is 0 Å². The van der Waals surface area contributed by atoms with Crippen molar-refractivity contribution in [2.24, 2.45) is 5.92 Å². The molecule has 1 aromatic carbocycles. The van der Waals surface area contributed by atoms with Gasteiger partial charge < -0.3 is 23.7 Å². The molecule has 1 saturated carbocycles. The Bertz CT molecular complexity index is 545. The van der Waals surface area contributed by atoms with Crippen LogP contribution in [0.15, 0.2) is 18.2 Å². The molecule has 0 amide bonds. The summed E-state index contributed by atoms with van der Waals surface area (Å²) in [5.74, 6) is 1.11. The van der Waals surface area contributed by atoms with E-state index in [1.165, 1.54) is 7.11 Å². The van der Waals surface area contributed by atoms with Gasteiger partial charge in [-0.25, -0.2) is 0 Å². The Hall–Kier alpha value is -1.79. The van der Waals surface area contributed by atoms with Gasteiger partial charge in [-0.3, -0.25) is 4.79 Å². The highest BCUT2D eigenvalue weighted by atomic mass is 16.7. The highest BCUT2D eigenvalue weighted by molar-refractivity contribution is 5.74. The minimum Gasteiger partial charge on any atom is -0.469 e. The van der Waals surface area contributed by atoms with Crippen LogP contribution in [-0.2, 0) is 19.0 Å². The molecule has 1 aliphatic carbocycles. The van der Waals surface area contributed by atoms with Gasteiger partial charge in [0.05, 0.1) is 13.0 Å². The van der Waals surface area contributed by atoms with Gasteiger partial charge >= 0.3 is 5.97 Å². The van der Waals surface area contributed by atoms with Crippen molar-refractivity contribution >= 4 is 5.97 Å². The van der Waals surface area contributed by atoms with Crippen molar-refractivity contribution < 1.29 is 28.5 Å². The molecule has 140 valence electrons. The summed E-state index contributed by atoms with van der Waals surface area (Å²) in [4.78, 5) is 12.3. The fourth-order valence-corrected chi connectivity index (χ4v) is 3.40. The molecule has 25 heavy (non-hydrogen) atoms. The first-order valence-electron chi connectivity index (χ1n) is 8.66. The Balaban J connectivity index is 2.36. The summed E-state index contributed by atoms with van der Waals surface area (Å²) in [6, 6.07) is 5.63. The van der Waals surface area contributed by atoms with Crippen LogP contribution in [-0.4, -0.2) is 40.9 Å². The molecule has 6 nitrogen and oxygen atoms in total. The third-order valence-corrected chi connectivity index (χ3v) is 4.58. The van der Waals surface area contributed by atoms with Gasteiger partial charge in [0.1, 0.15) is 11.5 Å². The first-order chi connectivity index (χ1) is 12.2. The molecular formula is C19H28O6. The van der Waals surface area contributed by atoms with Gasteiger partial charge in [-0.15, -0.1) is 0 Å². The van der Waals surface area contributed by atoms with Gasteiger partial charge in [0.2, 0.25) is 0 Å². The molecule has 0 spiro atoms. The van der Waals surface area contributed by atoms with Crippen molar-refractivity contribution in [3.63, 3.8) is 0 Å². The van der Waals surface area contributed by atoms with Crippen LogP contribution in [0, 0.1) is 5.92 Å². The third-order valence-electron chi connectivity index (χ3n) is 4.58. The van der Waals surface area contributed by atoms with Crippen molar-refractivity contribution in [3.8, 4) is 11.5 Å². The van der Waals surface area contributed by atoms with E-state index in [2.05, 4.69) is 0 Å². The lowest BCUT2D eigenvalue weighted by atomic mass is 9.82. The molecule has 0 aromatic heterocycles. The van der Waals surface area contributed by atoms with Crippen LogP contribution in [0.1, 0.15) is 43.6 Å². The number of hydrogen-bond acceptors (Lipinski definition) is 6. The fraction of sp³-hybridized carbons (Fsp3) is 0.632. The number of methoxy groups -OCH3 is 3. The molecule has 2 rings (SSSR count). The van der Waals surface area contributed by atoms with E-state index in [4.69, 9.17) is 23.7 Å². The lowest BCUT2D eigenvalue weighted by Crippen LogP contribution is -2.23. The summed E-state index contributed by atoms with van der Waals surface area (Å²) in [5.41, 5.74) is 0.961. The van der Waals surface area contributed by atoms with E-state index in [1.807, 2.05) is 18.2 Å². The highest BCUT2D eigenvalue weighted by Crippen LogP contribution is 2.42. The maximum Gasteiger partial charge on any atom is 0.309 e. The van der Waals surface area contributed by atoms with Crippen LogP contribution >= 0.6 is 0 Å². The molecule has 0 bridgehead atoms. The number of benzene rings is 1. The van der Waals surface area contributed by atoms with E-state index in [0.29, 0.717) is 11.5 Å². The standard InChI is InChI=1S/C19H28O6/c1-21-12-24-14-9-10-18(25-13-22-2)17(11-14)15-7-5-4-6-8-16(15)19(20)23-3/h9-11,15-16H,4-8,12-13H2,1-3H3/t15-,16+/m1/s1. The van der Waals surface area contributed by atoms with E-state index in [9.17, 15) is 4.79 Å². The van der Waals surface area contributed by atoms with E-state index in [-0.39, 0.29) is 31.4 Å². The van der Waals surface area contributed by atoms with E-state index >= 15 is 0 Å². The van der Waals surface area contributed by atoms with E-state index in [0.717, 1.165) is 37.7 Å². The first-order valence-corrected chi connectivity index (χ1v) is 8.66. The van der Waals surface area contributed by atoms with Gasteiger partial charge in [0.15, 0.2) is 13.6 Å². The zero-order valence-electron chi connectivity index (χ0n) is 15.3. The SMILES string of the molecule is COCOc1ccc(OCOC)c([C@@H]2CCCCC[C@@H]2C(=O)OC)c1. The van der Waals surface area contributed by atoms with Crippen LogP contribution in [0.25, 0.3) is 0 Å². The lowest BCUT2D eigenvalue weighted by molar-refractivity contribution is -0.146. The number of esters is 1. The third kappa shape index (κ3) is 5.34. The number of ether oxygens (including phenoxy) is 5. The summed E-state index contributed by atoms with van der Waals surface area (Å²) >= 11 is 0. The summed E-state index contributed by atoms with van der Waals surface area (Å²) < 4.78 is 26.4. The molecule has 6 heteroatoms. The van der Waals surface area contributed by atoms with Gasteiger partial charge in [-0.05, 0) is 31.0 Å². The topological polar surface area (TPSA) is 63.2 Å². The number of carbonyl (C=O) groups is 1. The molecule has 0 radical (unpaired) electrons. The van der Waals surface area contributed by atoms with Crippen molar-refractivity contribution in [3.05, 3.63) is 23.8 Å². The summed E-state index contributed by atoms with van der Waals surface area (Å²) in [6.07, 6.45) is 4.97. The minimum absolute atomic E-state index is 0.0351. The molecule has 1 aliphatic rings. The maximum absolute atomic E-state index is 12.3. The molecule has 0 N–H and O–H groups in total. The highest BCUT2D eigenvalue weighted by Gasteiger charge is 2.33. The van der Waals surface area contributed by atoms with Crippen LogP contribution in [0.4, 0.5) is 0 Å². The molecular weight excluding hydrogens is 324 g/mol. The molecule has 0 heterocycles. The van der Waals surface area contributed by atoms with Gasteiger partial charge in [0.25, 0.3) is 0 Å². The van der Waals surface area contributed by atoms with E-state index < -0.39 is 0 Å². The van der Waals surface area contributed by atoms with Gasteiger partial charge in [-0.2, -0.15) is 0 Å². The normalized spacial score (nSPS) is 20.6. The predicted molar refractivity (Wildman–Crippen MR) is 92.8 cm³/mol. The zero-order valence-corrected chi connectivity index (χ0v) is 15.3. The van der Waals surface area contributed by atoms with E-state index in [1.54, 1.807) is 14.2 Å². The largest absolute Gasteiger partial charge is 0.469 e. The average molecular weight is 352 g/mol. The number of carbonyl (C=O) groups excluding carboxylic acids is 1. The summed E-state index contributed by atoms with van der Waals surface area (Å²) in [6.45, 7) is 0.323. The van der Waals surface area contributed by atoms with Crippen molar-refractivity contribution in [2.75, 3.05) is 34.9 Å². The van der Waals surface area contributed by atoms with Crippen molar-refractivity contribution in [1.29, 1.82) is 0 Å². The van der Waals surface area contributed by atoms with Gasteiger partial charge in [-0.1, -0.05) is 19.3 Å². The smallest absolute Gasteiger partial charge is 0.309 e. The molecule has 0 aliphatic heterocycles. The Morgan fingerprint density at radius 2 is 1.72 bits per heavy atom. The molecule has 1 fully saturated rings. The summed E-state index contributed by atoms with van der Waals surface area (Å²) in [5, 5.41) is 0. The number of rotatable bonds is 8. The zero-order chi connectivity index (χ0) is 18.1. The monoisotopic (exact) mass is 352 g/mol. The lowest BCUT2D eigenvalue weighted by Gasteiger charge is -2.26. The Kier molecular flexibility index (Phi) is 8.01. The summed E-state index contributed by atoms with van der Waals surface area (Å²) in [7, 11) is 4.61. The molecule has 2 atom stereocenters. The van der Waals surface area contributed by atoms with Gasteiger partial charge in [0, 0.05) is 25.7 Å².